The molecule has 1 aromatic heterocycles. The molecular formula is C17H26N4O3. The van der Waals surface area contributed by atoms with E-state index in [-0.39, 0.29) is 17.9 Å². The molecule has 2 amide bonds. The molecule has 2 aliphatic rings. The monoisotopic (exact) mass is 334 g/mol. The standard InChI is InChI=1S/C17H26N4O3/c1-12-5-3-4-6-13(12)18-16(22)15-11-14(19-20(15)2)17(23)21-7-9-24-10-8-21/h11-13H,3-10H2,1-2H3,(H,18,22). The topological polar surface area (TPSA) is 76.5 Å². The first-order chi connectivity index (χ1) is 11.6. The van der Waals surface area contributed by atoms with E-state index in [1.54, 1.807) is 18.0 Å². The number of ether oxygens (including phenoxy) is 1. The molecule has 132 valence electrons. The minimum absolute atomic E-state index is 0.140. The average molecular weight is 334 g/mol. The van der Waals surface area contributed by atoms with Gasteiger partial charge in [-0.15, -0.1) is 0 Å². The highest BCUT2D eigenvalue weighted by atomic mass is 16.5. The van der Waals surface area contributed by atoms with Gasteiger partial charge in [0.25, 0.3) is 11.8 Å². The van der Waals surface area contributed by atoms with E-state index in [4.69, 9.17) is 4.74 Å². The van der Waals surface area contributed by atoms with Gasteiger partial charge in [0.2, 0.25) is 0 Å². The quantitative estimate of drug-likeness (QED) is 0.901. The minimum atomic E-state index is -0.148. The number of hydrogen-bond donors (Lipinski definition) is 1. The number of hydrogen-bond acceptors (Lipinski definition) is 4. The van der Waals surface area contributed by atoms with Gasteiger partial charge in [0.05, 0.1) is 13.2 Å². The van der Waals surface area contributed by atoms with E-state index in [2.05, 4.69) is 17.3 Å². The third-order valence-corrected chi connectivity index (χ3v) is 5.06. The van der Waals surface area contributed by atoms with Crippen LogP contribution in [0.25, 0.3) is 0 Å². The lowest BCUT2D eigenvalue weighted by atomic mass is 9.86. The fourth-order valence-corrected chi connectivity index (χ4v) is 3.49. The normalized spacial score (nSPS) is 24.7. The number of nitrogens with one attached hydrogen (secondary N) is 1. The van der Waals surface area contributed by atoms with Crippen molar-refractivity contribution < 1.29 is 14.3 Å². The van der Waals surface area contributed by atoms with Gasteiger partial charge < -0.3 is 15.0 Å². The number of aromatic nitrogens is 2. The van der Waals surface area contributed by atoms with Crippen molar-refractivity contribution in [3.8, 4) is 0 Å². The molecule has 7 heteroatoms. The number of amides is 2. The summed E-state index contributed by atoms with van der Waals surface area (Å²) in [5.41, 5.74) is 0.755. The van der Waals surface area contributed by atoms with Crippen molar-refractivity contribution >= 4 is 11.8 Å². The molecule has 1 saturated carbocycles. The minimum Gasteiger partial charge on any atom is -0.378 e. The molecule has 1 saturated heterocycles. The van der Waals surface area contributed by atoms with Crippen LogP contribution in [0, 0.1) is 5.92 Å². The summed E-state index contributed by atoms with van der Waals surface area (Å²) in [5, 5.41) is 7.36. The van der Waals surface area contributed by atoms with Gasteiger partial charge in [0, 0.05) is 32.2 Å². The molecule has 1 aliphatic carbocycles. The summed E-state index contributed by atoms with van der Waals surface area (Å²) in [6, 6.07) is 1.81. The Morgan fingerprint density at radius 3 is 2.67 bits per heavy atom. The van der Waals surface area contributed by atoms with Crippen LogP contribution >= 0.6 is 0 Å². The fraction of sp³-hybridized carbons (Fsp3) is 0.706. The summed E-state index contributed by atoms with van der Waals surface area (Å²) in [6.45, 7) is 4.41. The Morgan fingerprint density at radius 1 is 1.25 bits per heavy atom. The van der Waals surface area contributed by atoms with Gasteiger partial charge in [0.1, 0.15) is 5.69 Å². The van der Waals surface area contributed by atoms with E-state index in [0.29, 0.717) is 43.6 Å². The Hall–Kier alpha value is -1.89. The van der Waals surface area contributed by atoms with Crippen molar-refractivity contribution in [1.82, 2.24) is 20.0 Å². The Kier molecular flexibility index (Phi) is 5.18. The van der Waals surface area contributed by atoms with E-state index >= 15 is 0 Å². The van der Waals surface area contributed by atoms with Crippen molar-refractivity contribution in [3.05, 3.63) is 17.5 Å². The van der Waals surface area contributed by atoms with E-state index in [9.17, 15) is 9.59 Å². The predicted octanol–water partition coefficient (Wildman–Crippen LogP) is 1.20. The van der Waals surface area contributed by atoms with Gasteiger partial charge in [-0.25, -0.2) is 0 Å². The summed E-state index contributed by atoms with van der Waals surface area (Å²) in [5.74, 6) is 0.203. The summed E-state index contributed by atoms with van der Waals surface area (Å²) in [6.07, 6.45) is 4.56. The molecule has 0 radical (unpaired) electrons. The zero-order valence-corrected chi connectivity index (χ0v) is 14.5. The van der Waals surface area contributed by atoms with Gasteiger partial charge in [-0.05, 0) is 18.8 Å². The SMILES string of the molecule is CC1CCCCC1NC(=O)c1cc(C(=O)N2CCOCC2)nn1C. The van der Waals surface area contributed by atoms with Crippen molar-refractivity contribution in [2.24, 2.45) is 13.0 Å². The first-order valence-electron chi connectivity index (χ1n) is 8.78. The summed E-state index contributed by atoms with van der Waals surface area (Å²) in [4.78, 5) is 26.8. The maximum absolute atomic E-state index is 12.6. The number of carbonyl (C=O) groups excluding carboxylic acids is 2. The third-order valence-electron chi connectivity index (χ3n) is 5.06. The van der Waals surface area contributed by atoms with E-state index in [0.717, 1.165) is 19.3 Å². The second-order valence-corrected chi connectivity index (χ2v) is 6.78. The highest BCUT2D eigenvalue weighted by molar-refractivity contribution is 5.98. The molecule has 2 fully saturated rings. The van der Waals surface area contributed by atoms with Crippen LogP contribution < -0.4 is 5.32 Å². The maximum Gasteiger partial charge on any atom is 0.274 e. The molecule has 2 atom stereocenters. The van der Waals surface area contributed by atoms with E-state index < -0.39 is 0 Å². The Bertz CT molecular complexity index is 607. The van der Waals surface area contributed by atoms with Gasteiger partial charge >= 0.3 is 0 Å². The van der Waals surface area contributed by atoms with E-state index in [1.807, 2.05) is 0 Å². The van der Waals surface area contributed by atoms with Crippen LogP contribution in [0.5, 0.6) is 0 Å². The maximum atomic E-state index is 12.6. The van der Waals surface area contributed by atoms with Crippen molar-refractivity contribution in [1.29, 1.82) is 0 Å². The Morgan fingerprint density at radius 2 is 1.96 bits per heavy atom. The molecule has 2 unspecified atom stereocenters. The Labute approximate surface area is 142 Å². The molecule has 2 heterocycles. The van der Waals surface area contributed by atoms with E-state index in [1.165, 1.54) is 11.1 Å². The smallest absolute Gasteiger partial charge is 0.274 e. The van der Waals surface area contributed by atoms with Gasteiger partial charge in [-0.2, -0.15) is 5.10 Å². The molecule has 0 bridgehead atoms. The van der Waals surface area contributed by atoms with Crippen LogP contribution in [0.15, 0.2) is 6.07 Å². The molecule has 0 aromatic carbocycles. The number of nitrogens with zero attached hydrogens (tertiary/aromatic N) is 3. The molecule has 24 heavy (non-hydrogen) atoms. The molecule has 7 nitrogen and oxygen atoms in total. The van der Waals surface area contributed by atoms with Gasteiger partial charge in [0.15, 0.2) is 5.69 Å². The zero-order valence-electron chi connectivity index (χ0n) is 14.5. The van der Waals surface area contributed by atoms with Gasteiger partial charge in [-0.3, -0.25) is 14.3 Å². The fourth-order valence-electron chi connectivity index (χ4n) is 3.49. The van der Waals surface area contributed by atoms with Crippen LogP contribution in [0.4, 0.5) is 0 Å². The molecule has 1 aromatic rings. The number of rotatable bonds is 3. The lowest BCUT2D eigenvalue weighted by molar-refractivity contribution is 0.0298. The van der Waals surface area contributed by atoms with Crippen LogP contribution in [0.1, 0.15) is 53.6 Å². The summed E-state index contributed by atoms with van der Waals surface area (Å²) < 4.78 is 6.76. The predicted molar refractivity (Wildman–Crippen MR) is 88.8 cm³/mol. The second-order valence-electron chi connectivity index (χ2n) is 6.78. The highest BCUT2D eigenvalue weighted by Crippen LogP contribution is 2.24. The van der Waals surface area contributed by atoms with Crippen molar-refractivity contribution in [3.63, 3.8) is 0 Å². The average Bonchev–Trinajstić information content (AvgIpc) is 2.99. The first-order valence-corrected chi connectivity index (χ1v) is 8.78. The third kappa shape index (κ3) is 3.61. The molecular weight excluding hydrogens is 308 g/mol. The lowest BCUT2D eigenvalue weighted by Crippen LogP contribution is -2.41. The van der Waals surface area contributed by atoms with Crippen molar-refractivity contribution in [2.45, 2.75) is 38.6 Å². The molecule has 1 aliphatic heterocycles. The largest absolute Gasteiger partial charge is 0.378 e. The first kappa shape index (κ1) is 17.0. The second kappa shape index (κ2) is 7.34. The summed E-state index contributed by atoms with van der Waals surface area (Å²) in [7, 11) is 1.70. The number of aryl methyl sites for hydroxylation is 1. The molecule has 3 rings (SSSR count). The van der Waals surface area contributed by atoms with Gasteiger partial charge in [-0.1, -0.05) is 19.8 Å². The zero-order chi connectivity index (χ0) is 17.1. The lowest BCUT2D eigenvalue weighted by Gasteiger charge is -2.29. The molecule has 0 spiro atoms. The van der Waals surface area contributed by atoms with Crippen LogP contribution in [-0.2, 0) is 11.8 Å². The number of carbonyl (C=O) groups is 2. The van der Waals surface area contributed by atoms with Crippen LogP contribution in [-0.4, -0.2) is 58.8 Å². The molecule has 1 N–H and O–H groups in total. The highest BCUT2D eigenvalue weighted by Gasteiger charge is 2.27. The number of morpholine rings is 1. The van der Waals surface area contributed by atoms with Crippen LogP contribution in [0.2, 0.25) is 0 Å². The summed E-state index contributed by atoms with van der Waals surface area (Å²) >= 11 is 0. The van der Waals surface area contributed by atoms with Crippen molar-refractivity contribution in [2.75, 3.05) is 26.3 Å². The Balaban J connectivity index is 1.68. The van der Waals surface area contributed by atoms with Crippen LogP contribution in [0.3, 0.4) is 0 Å².